The predicted molar refractivity (Wildman–Crippen MR) is 58.5 cm³/mol. The van der Waals surface area contributed by atoms with Crippen molar-refractivity contribution < 1.29 is 13.2 Å². The van der Waals surface area contributed by atoms with E-state index in [4.69, 9.17) is 0 Å². The van der Waals surface area contributed by atoms with Gasteiger partial charge in [0, 0.05) is 16.3 Å². The summed E-state index contributed by atoms with van der Waals surface area (Å²) in [5, 5.41) is 1.28. The highest BCUT2D eigenvalue weighted by atomic mass is 19.4. The van der Waals surface area contributed by atoms with Gasteiger partial charge < -0.3 is 4.98 Å². The van der Waals surface area contributed by atoms with Crippen LogP contribution in [0.15, 0.2) is 30.3 Å². The topological polar surface area (TPSA) is 15.8 Å². The highest BCUT2D eigenvalue weighted by Crippen LogP contribution is 2.31. The molecule has 0 saturated heterocycles. The van der Waals surface area contributed by atoms with Crippen molar-refractivity contribution in [2.24, 2.45) is 0 Å². The predicted octanol–water partition coefficient (Wildman–Crippen LogP) is 3.94. The van der Waals surface area contributed by atoms with E-state index in [1.54, 1.807) is 12.1 Å². The van der Waals surface area contributed by atoms with Crippen molar-refractivity contribution in [1.29, 1.82) is 0 Å². The average Bonchev–Trinajstić information content (AvgIpc) is 2.65. The minimum Gasteiger partial charge on any atom is -0.348 e. The van der Waals surface area contributed by atoms with Gasteiger partial charge in [-0.25, -0.2) is 0 Å². The maximum Gasteiger partial charge on any atom is 0.424 e. The molecule has 1 nitrogen and oxygen atoms in total. The molecule has 2 aromatic carbocycles. The van der Waals surface area contributed by atoms with Crippen LogP contribution in [0, 0.1) is 12.1 Å². The lowest BCUT2D eigenvalue weighted by Crippen LogP contribution is -2.03. The van der Waals surface area contributed by atoms with Crippen LogP contribution in [0.5, 0.6) is 0 Å². The lowest BCUT2D eigenvalue weighted by Gasteiger charge is -2.02. The highest BCUT2D eigenvalue weighted by Gasteiger charge is 2.31. The molecule has 0 aliphatic heterocycles. The number of para-hydroxylation sites is 1. The zero-order valence-electron chi connectivity index (χ0n) is 8.52. The van der Waals surface area contributed by atoms with E-state index in [0.717, 1.165) is 17.0 Å². The number of aromatic amines is 1. The Morgan fingerprint density at radius 2 is 1.76 bits per heavy atom. The zero-order valence-corrected chi connectivity index (χ0v) is 8.52. The van der Waals surface area contributed by atoms with Crippen LogP contribution >= 0.6 is 0 Å². The maximum absolute atomic E-state index is 12.6. The third kappa shape index (κ3) is 1.51. The molecule has 3 aromatic rings. The number of hydrogen-bond donors (Lipinski definition) is 1. The summed E-state index contributed by atoms with van der Waals surface area (Å²) in [4.78, 5) is 3.00. The normalized spacial score (nSPS) is 11.9. The second-order valence-electron chi connectivity index (χ2n) is 3.77. The smallest absolute Gasteiger partial charge is 0.348 e. The second-order valence-corrected chi connectivity index (χ2v) is 3.77. The summed E-state index contributed by atoms with van der Waals surface area (Å²) in [6, 6.07) is 13.0. The highest BCUT2D eigenvalue weighted by molar-refractivity contribution is 6.06. The molecule has 1 aromatic heterocycles. The van der Waals surface area contributed by atoms with Crippen LogP contribution in [0.2, 0.25) is 0 Å². The van der Waals surface area contributed by atoms with E-state index in [1.165, 1.54) is 0 Å². The molecule has 1 N–H and O–H groups in total. The van der Waals surface area contributed by atoms with Crippen LogP contribution in [-0.2, 0) is 6.18 Å². The molecule has 4 heteroatoms. The third-order valence-corrected chi connectivity index (χ3v) is 2.66. The monoisotopic (exact) mass is 233 g/mol. The van der Waals surface area contributed by atoms with Gasteiger partial charge in [0.2, 0.25) is 0 Å². The quantitative estimate of drug-likeness (QED) is 0.605. The van der Waals surface area contributed by atoms with E-state index < -0.39 is 11.7 Å². The Bertz CT molecular complexity index is 695. The molecule has 0 bridgehead atoms. The fraction of sp³-hybridized carbons (Fsp3) is 0.0769. The Balaban J connectivity index is 2.38. The summed E-state index contributed by atoms with van der Waals surface area (Å²) >= 11 is 0. The molecule has 0 aliphatic rings. The van der Waals surface area contributed by atoms with Crippen molar-refractivity contribution in [1.82, 2.24) is 4.98 Å². The minimum absolute atomic E-state index is 0.520. The van der Waals surface area contributed by atoms with E-state index >= 15 is 0 Å². The largest absolute Gasteiger partial charge is 0.424 e. The number of benzene rings is 1. The number of hydrogen-bond acceptors (Lipinski definition) is 0. The zero-order chi connectivity index (χ0) is 12.0. The van der Waals surface area contributed by atoms with Gasteiger partial charge in [0.25, 0.3) is 0 Å². The first-order valence-corrected chi connectivity index (χ1v) is 4.97. The van der Waals surface area contributed by atoms with E-state index in [0.29, 0.717) is 10.9 Å². The van der Waals surface area contributed by atoms with Crippen LogP contribution in [0.3, 0.4) is 0 Å². The Labute approximate surface area is 94.9 Å². The molecule has 0 radical (unpaired) electrons. The van der Waals surface area contributed by atoms with Gasteiger partial charge in [0.05, 0.1) is 5.52 Å². The summed E-state index contributed by atoms with van der Waals surface area (Å²) in [5.74, 6) is 0. The van der Waals surface area contributed by atoms with Gasteiger partial charge in [-0.1, -0.05) is 24.3 Å². The molecular weight excluding hydrogens is 227 g/mol. The Morgan fingerprint density at radius 3 is 2.53 bits per heavy atom. The third-order valence-electron chi connectivity index (χ3n) is 2.66. The van der Waals surface area contributed by atoms with Crippen molar-refractivity contribution in [2.75, 3.05) is 0 Å². The van der Waals surface area contributed by atoms with Crippen LogP contribution in [0.4, 0.5) is 13.2 Å². The Hall–Kier alpha value is -2.15. The molecule has 0 unspecified atom stereocenters. The van der Waals surface area contributed by atoms with Gasteiger partial charge >= 0.3 is 6.18 Å². The Kier molecular flexibility index (Phi) is 1.87. The summed E-state index contributed by atoms with van der Waals surface area (Å²) in [6.45, 7) is 0. The van der Waals surface area contributed by atoms with Crippen molar-refractivity contribution in [2.45, 2.75) is 6.18 Å². The van der Waals surface area contributed by atoms with E-state index in [2.05, 4.69) is 17.1 Å². The van der Waals surface area contributed by atoms with Crippen LogP contribution in [-0.4, -0.2) is 4.98 Å². The van der Waals surface area contributed by atoms with Crippen LogP contribution in [0.25, 0.3) is 21.8 Å². The molecule has 0 amide bonds. The first kappa shape index (κ1) is 10.0. The molecule has 3 rings (SSSR count). The van der Waals surface area contributed by atoms with Gasteiger partial charge in [-0.3, -0.25) is 0 Å². The summed E-state index contributed by atoms with van der Waals surface area (Å²) in [5.41, 5.74) is 0.542. The van der Waals surface area contributed by atoms with Gasteiger partial charge in [-0.15, -0.1) is 0 Å². The number of rotatable bonds is 0. The second kappa shape index (κ2) is 3.17. The van der Waals surface area contributed by atoms with Gasteiger partial charge in [0.15, 0.2) is 0 Å². The number of aromatic nitrogens is 1. The van der Waals surface area contributed by atoms with Crippen molar-refractivity contribution in [3.63, 3.8) is 0 Å². The van der Waals surface area contributed by atoms with Crippen molar-refractivity contribution in [3.05, 3.63) is 48.0 Å². The summed E-state index contributed by atoms with van der Waals surface area (Å²) in [6.07, 6.45) is -4.39. The molecule has 0 fully saturated rings. The first-order chi connectivity index (χ1) is 8.05. The van der Waals surface area contributed by atoms with Crippen molar-refractivity contribution in [3.8, 4) is 0 Å². The number of H-pyrrole nitrogens is 1. The molecule has 0 saturated carbocycles. The minimum atomic E-state index is -4.39. The molecule has 17 heavy (non-hydrogen) atoms. The average molecular weight is 233 g/mol. The number of alkyl halides is 3. The van der Waals surface area contributed by atoms with Crippen molar-refractivity contribution >= 4 is 21.8 Å². The van der Waals surface area contributed by atoms with Crippen LogP contribution < -0.4 is 0 Å². The van der Waals surface area contributed by atoms with Gasteiger partial charge in [-0.05, 0) is 18.2 Å². The molecule has 0 atom stereocenters. The number of fused-ring (bicyclic) bond motifs is 3. The lowest BCUT2D eigenvalue weighted by molar-refractivity contribution is -0.137. The fourth-order valence-corrected chi connectivity index (χ4v) is 1.88. The van der Waals surface area contributed by atoms with E-state index in [9.17, 15) is 13.2 Å². The Morgan fingerprint density at radius 1 is 1.00 bits per heavy atom. The fourth-order valence-electron chi connectivity index (χ4n) is 1.88. The molecule has 0 spiro atoms. The lowest BCUT2D eigenvalue weighted by atomic mass is 10.1. The molecule has 84 valence electrons. The standard InChI is InChI=1S/C13H6F3N/c14-13(15,16)8-5-6-12-10(7-8)9-3-1-2-4-11(9)17-12/h1-4,7,17H. The van der Waals surface area contributed by atoms with Gasteiger partial charge in [0.1, 0.15) is 5.56 Å². The van der Waals surface area contributed by atoms with E-state index in [1.807, 2.05) is 12.1 Å². The maximum atomic E-state index is 12.6. The summed E-state index contributed by atoms with van der Waals surface area (Å²) < 4.78 is 37.7. The number of halogens is 3. The number of nitrogens with one attached hydrogen (secondary N) is 1. The molecule has 1 heterocycles. The molecular formula is C13H6F3N. The van der Waals surface area contributed by atoms with Crippen LogP contribution in [0.1, 0.15) is 5.56 Å². The SMILES string of the molecule is FC(F)(F)c1c#cc2[nH]c3ccccc3c2c1. The first-order valence-electron chi connectivity index (χ1n) is 4.97. The summed E-state index contributed by atoms with van der Waals surface area (Å²) in [7, 11) is 0. The van der Waals surface area contributed by atoms with Gasteiger partial charge in [-0.2, -0.15) is 13.2 Å². The van der Waals surface area contributed by atoms with E-state index in [-0.39, 0.29) is 0 Å². The molecule has 0 aliphatic carbocycles.